The Bertz CT molecular complexity index is 205. The van der Waals surface area contributed by atoms with E-state index >= 15 is 0 Å². The molecule has 0 aromatic heterocycles. The molecule has 0 radical (unpaired) electrons. The van der Waals surface area contributed by atoms with E-state index in [9.17, 15) is 0 Å². The van der Waals surface area contributed by atoms with Gasteiger partial charge < -0.3 is 59.9 Å². The van der Waals surface area contributed by atoms with Gasteiger partial charge in [0.25, 0.3) is 0 Å². The van der Waals surface area contributed by atoms with Crippen molar-refractivity contribution in [2.75, 3.05) is 19.6 Å². The predicted molar refractivity (Wildman–Crippen MR) is 67.9 cm³/mol. The number of hydrogen-bond donors (Lipinski definition) is 1. The van der Waals surface area contributed by atoms with E-state index in [2.05, 4.69) is 5.32 Å². The molecule has 1 aliphatic rings. The third-order valence-corrected chi connectivity index (χ3v) is 3.09. The standard InChI is InChI=1S/C7H12N2S4.2K/c10-6(11)5-1-3-9(7(12)13)4-2-8-5;;/h5,8H,1-4H2,(H,10,11)(H,12,13);;/q;2*+1/p-2. The fourth-order valence-corrected chi connectivity index (χ4v) is 2.02. The van der Waals surface area contributed by atoms with Crippen molar-refractivity contribution in [3.05, 3.63) is 0 Å². The van der Waals surface area contributed by atoms with E-state index in [1.165, 1.54) is 0 Å². The van der Waals surface area contributed by atoms with Gasteiger partial charge in [-0.3, -0.25) is 0 Å². The zero-order valence-corrected chi connectivity index (χ0v) is 18.5. The topological polar surface area (TPSA) is 15.3 Å². The van der Waals surface area contributed by atoms with Gasteiger partial charge in [0.1, 0.15) is 0 Å². The average molecular weight is 329 g/mol. The summed E-state index contributed by atoms with van der Waals surface area (Å²) >= 11 is 19.8. The minimum atomic E-state index is 0. The van der Waals surface area contributed by atoms with Crippen molar-refractivity contribution in [3.8, 4) is 0 Å². The molecule has 0 aromatic carbocycles. The van der Waals surface area contributed by atoms with E-state index in [4.69, 9.17) is 49.7 Å². The van der Waals surface area contributed by atoms with Crippen LogP contribution in [0.4, 0.5) is 0 Å². The molecular weight excluding hydrogens is 319 g/mol. The van der Waals surface area contributed by atoms with Crippen LogP contribution in [0.1, 0.15) is 6.42 Å². The Morgan fingerprint density at radius 2 is 1.80 bits per heavy atom. The molecule has 1 rings (SSSR count). The number of nitrogens with one attached hydrogen (secondary N) is 1. The molecule has 1 heterocycles. The quantitative estimate of drug-likeness (QED) is 0.291. The van der Waals surface area contributed by atoms with Crippen LogP contribution in [0.2, 0.25) is 0 Å². The van der Waals surface area contributed by atoms with Gasteiger partial charge in [-0.2, -0.15) is 0 Å². The van der Waals surface area contributed by atoms with Crippen LogP contribution in [0, 0.1) is 0 Å². The molecule has 2 nitrogen and oxygen atoms in total. The van der Waals surface area contributed by atoms with Crippen molar-refractivity contribution in [3.63, 3.8) is 0 Å². The number of rotatable bonds is 1. The van der Waals surface area contributed by atoms with E-state index in [1.54, 1.807) is 0 Å². The third-order valence-electron chi connectivity index (χ3n) is 2.00. The Hall–Kier alpha value is 3.65. The normalized spacial score (nSPS) is 20.5. The molecule has 0 spiro atoms. The van der Waals surface area contributed by atoms with Gasteiger partial charge in [-0.1, -0.05) is 4.32 Å². The molecule has 0 amide bonds. The average Bonchev–Trinajstić information content (AvgIpc) is 2.27. The van der Waals surface area contributed by atoms with Crippen molar-refractivity contribution in [1.29, 1.82) is 0 Å². The van der Waals surface area contributed by atoms with E-state index in [1.807, 2.05) is 4.90 Å². The molecule has 8 heteroatoms. The maximum Gasteiger partial charge on any atom is 1.00 e. The fraction of sp³-hybridized carbons (Fsp3) is 0.714. The van der Waals surface area contributed by atoms with Crippen LogP contribution in [0.3, 0.4) is 0 Å². The number of thiocarbonyl (C=S) groups is 2. The van der Waals surface area contributed by atoms with Crippen LogP contribution in [-0.2, 0) is 25.3 Å². The van der Waals surface area contributed by atoms with Crippen LogP contribution in [0.15, 0.2) is 0 Å². The Balaban J connectivity index is 0. The van der Waals surface area contributed by atoms with Crippen LogP contribution in [0.25, 0.3) is 0 Å². The second-order valence-corrected chi connectivity index (χ2v) is 5.04. The summed E-state index contributed by atoms with van der Waals surface area (Å²) < 4.78 is 1.15. The maximum atomic E-state index is 4.95. The molecule has 1 fully saturated rings. The summed E-state index contributed by atoms with van der Waals surface area (Å²) in [6.07, 6.45) is 0.902. The molecule has 0 bridgehead atoms. The zero-order valence-electron chi connectivity index (χ0n) is 8.99. The molecule has 0 aliphatic carbocycles. The summed E-state index contributed by atoms with van der Waals surface area (Å²) in [5.74, 6) is 0. The minimum absolute atomic E-state index is 0. The Morgan fingerprint density at radius 1 is 1.20 bits per heavy atom. The van der Waals surface area contributed by atoms with Gasteiger partial charge in [0.15, 0.2) is 0 Å². The van der Waals surface area contributed by atoms with Crippen LogP contribution >= 0.6 is 24.4 Å². The number of hydrogen-bond acceptors (Lipinski definition) is 5. The first-order valence-corrected chi connectivity index (χ1v) is 5.64. The second-order valence-electron chi connectivity index (χ2n) is 2.87. The van der Waals surface area contributed by atoms with Gasteiger partial charge >= 0.3 is 103 Å². The summed E-state index contributed by atoms with van der Waals surface area (Å²) in [5.41, 5.74) is 0. The molecule has 74 valence electrons. The second kappa shape index (κ2) is 11.5. The van der Waals surface area contributed by atoms with Gasteiger partial charge in [0, 0.05) is 25.7 Å². The Labute approximate surface area is 198 Å². The molecule has 1 N–H and O–H groups in total. The summed E-state index contributed by atoms with van der Waals surface area (Å²) in [5, 5.41) is 3.27. The molecule has 0 aromatic rings. The number of nitrogens with zero attached hydrogens (tertiary/aromatic N) is 1. The summed E-state index contributed by atoms with van der Waals surface area (Å²) in [6.45, 7) is 2.56. The van der Waals surface area contributed by atoms with E-state index < -0.39 is 0 Å². The van der Waals surface area contributed by atoms with Gasteiger partial charge in [-0.25, -0.2) is 0 Å². The summed E-state index contributed by atoms with van der Waals surface area (Å²) in [7, 11) is 0. The Kier molecular flexibility index (Phi) is 16.0. The van der Waals surface area contributed by atoms with Crippen LogP contribution in [-0.4, -0.2) is 39.1 Å². The van der Waals surface area contributed by atoms with Crippen molar-refractivity contribution >= 4 is 58.2 Å². The maximum absolute atomic E-state index is 4.95. The predicted octanol–water partition coefficient (Wildman–Crippen LogP) is -5.64. The van der Waals surface area contributed by atoms with E-state index in [0.29, 0.717) is 8.52 Å². The third kappa shape index (κ3) is 8.43. The first-order chi connectivity index (χ1) is 6.11. The minimum Gasteiger partial charge on any atom is -0.431 e. The molecule has 1 aliphatic heterocycles. The first-order valence-electron chi connectivity index (χ1n) is 4.01. The first kappa shape index (κ1) is 21.0. The van der Waals surface area contributed by atoms with Gasteiger partial charge in [0.05, 0.1) is 0 Å². The Morgan fingerprint density at radius 3 is 2.27 bits per heavy atom. The molecule has 1 saturated heterocycles. The van der Waals surface area contributed by atoms with Crippen molar-refractivity contribution in [1.82, 2.24) is 10.2 Å². The SMILES string of the molecule is S=C([S-])C1CCN(C(=S)[S-])CCN1.[K+].[K+]. The van der Waals surface area contributed by atoms with Gasteiger partial charge in [0.2, 0.25) is 0 Å². The van der Waals surface area contributed by atoms with E-state index in [0.717, 1.165) is 26.1 Å². The van der Waals surface area contributed by atoms with E-state index in [-0.39, 0.29) is 109 Å². The zero-order chi connectivity index (χ0) is 9.84. The van der Waals surface area contributed by atoms with Gasteiger partial charge in [-0.15, -0.1) is 4.20 Å². The van der Waals surface area contributed by atoms with Crippen LogP contribution in [0.5, 0.6) is 0 Å². The molecule has 0 saturated carbocycles. The smallest absolute Gasteiger partial charge is 0.431 e. The van der Waals surface area contributed by atoms with Crippen LogP contribution < -0.4 is 108 Å². The summed E-state index contributed by atoms with van der Waals surface area (Å²) in [4.78, 5) is 2.01. The molecular formula is C7H10K2N2S4. The fourth-order valence-electron chi connectivity index (χ4n) is 1.26. The molecule has 1 atom stereocenters. The molecule has 1 unspecified atom stereocenters. The monoisotopic (exact) mass is 328 g/mol. The van der Waals surface area contributed by atoms with Crippen molar-refractivity contribution in [2.24, 2.45) is 0 Å². The molecule has 15 heavy (non-hydrogen) atoms. The van der Waals surface area contributed by atoms with Crippen molar-refractivity contribution in [2.45, 2.75) is 12.5 Å². The largest absolute Gasteiger partial charge is 1.00 e. The van der Waals surface area contributed by atoms with Crippen molar-refractivity contribution < 1.29 is 103 Å². The van der Waals surface area contributed by atoms with Gasteiger partial charge in [-0.05, 0) is 6.42 Å². The summed E-state index contributed by atoms with van der Waals surface area (Å²) in [6, 6.07) is 0.166.